The Morgan fingerprint density at radius 2 is 1.89 bits per heavy atom. The molecule has 27 heavy (non-hydrogen) atoms. The fourth-order valence-electron chi connectivity index (χ4n) is 2.11. The summed E-state index contributed by atoms with van der Waals surface area (Å²) in [6.45, 7) is 0. The lowest BCUT2D eigenvalue weighted by atomic mass is 10.2. The second-order valence-electron chi connectivity index (χ2n) is 5.20. The van der Waals surface area contributed by atoms with Crippen LogP contribution in [-0.4, -0.2) is 17.3 Å². The monoisotopic (exact) mass is 416 g/mol. The molecule has 0 fully saturated rings. The van der Waals surface area contributed by atoms with E-state index in [2.05, 4.69) is 15.0 Å². The van der Waals surface area contributed by atoms with Crippen LogP contribution in [0.5, 0.6) is 5.75 Å². The van der Waals surface area contributed by atoms with Gasteiger partial charge in [-0.2, -0.15) is 0 Å². The summed E-state index contributed by atoms with van der Waals surface area (Å²) in [5.41, 5.74) is 0.531. The highest BCUT2D eigenvalue weighted by Crippen LogP contribution is 2.28. The molecule has 10 heteroatoms. The summed E-state index contributed by atoms with van der Waals surface area (Å²) < 4.78 is 45.9. The molecule has 3 aromatic rings. The number of rotatable bonds is 4. The summed E-state index contributed by atoms with van der Waals surface area (Å²) >= 11 is 11.8. The quantitative estimate of drug-likeness (QED) is 0.583. The first kappa shape index (κ1) is 19.1. The van der Waals surface area contributed by atoms with E-state index in [4.69, 9.17) is 27.6 Å². The number of amides is 1. The lowest BCUT2D eigenvalue weighted by molar-refractivity contribution is -0.274. The number of aromatic nitrogens is 1. The number of nitrogens with one attached hydrogen (secondary N) is 1. The SMILES string of the molecule is O=C(Nc1cccc(OC(F)(F)F)c1)c1coc(-c2ccc(Cl)c(Cl)c2)n1. The molecule has 2 aromatic carbocycles. The average molecular weight is 417 g/mol. The molecular weight excluding hydrogens is 408 g/mol. The number of benzene rings is 2. The second-order valence-corrected chi connectivity index (χ2v) is 6.01. The molecule has 3 rings (SSSR count). The number of oxazole rings is 1. The predicted molar refractivity (Wildman–Crippen MR) is 93.0 cm³/mol. The van der Waals surface area contributed by atoms with Crippen molar-refractivity contribution in [2.24, 2.45) is 0 Å². The molecular formula is C17H9Cl2F3N2O3. The molecule has 1 amide bonds. The number of carbonyl (C=O) groups excluding carboxylic acids is 1. The maximum atomic E-state index is 12.3. The molecule has 0 aliphatic heterocycles. The number of hydrogen-bond acceptors (Lipinski definition) is 4. The van der Waals surface area contributed by atoms with E-state index in [1.54, 1.807) is 12.1 Å². The molecule has 0 spiro atoms. The number of halogens is 5. The molecule has 1 N–H and O–H groups in total. The van der Waals surface area contributed by atoms with Gasteiger partial charge in [0.1, 0.15) is 12.0 Å². The van der Waals surface area contributed by atoms with E-state index in [0.717, 1.165) is 18.4 Å². The van der Waals surface area contributed by atoms with Crippen molar-refractivity contribution >= 4 is 34.8 Å². The van der Waals surface area contributed by atoms with Gasteiger partial charge in [-0.25, -0.2) is 4.98 Å². The van der Waals surface area contributed by atoms with Crippen molar-refractivity contribution < 1.29 is 27.1 Å². The Labute approximate surface area is 160 Å². The minimum Gasteiger partial charge on any atom is -0.444 e. The maximum Gasteiger partial charge on any atom is 0.573 e. The van der Waals surface area contributed by atoms with Gasteiger partial charge in [0.25, 0.3) is 5.91 Å². The highest BCUT2D eigenvalue weighted by atomic mass is 35.5. The Balaban J connectivity index is 1.75. The Kier molecular flexibility index (Phi) is 5.29. The fourth-order valence-corrected chi connectivity index (χ4v) is 2.40. The molecule has 140 valence electrons. The molecule has 0 radical (unpaired) electrons. The van der Waals surface area contributed by atoms with Crippen LogP contribution in [-0.2, 0) is 0 Å². The fraction of sp³-hybridized carbons (Fsp3) is 0.0588. The van der Waals surface area contributed by atoms with Crippen molar-refractivity contribution in [3.63, 3.8) is 0 Å². The van der Waals surface area contributed by atoms with Gasteiger partial charge in [0.05, 0.1) is 10.0 Å². The van der Waals surface area contributed by atoms with Crippen LogP contribution in [0.1, 0.15) is 10.5 Å². The van der Waals surface area contributed by atoms with E-state index in [-0.39, 0.29) is 17.3 Å². The van der Waals surface area contributed by atoms with Crippen molar-refractivity contribution in [2.45, 2.75) is 6.36 Å². The minimum atomic E-state index is -4.83. The third kappa shape index (κ3) is 4.93. The highest BCUT2D eigenvalue weighted by Gasteiger charge is 2.31. The summed E-state index contributed by atoms with van der Waals surface area (Å²) in [6.07, 6.45) is -3.72. The standard InChI is InChI=1S/C17H9Cl2F3N2O3/c18-12-5-4-9(6-13(12)19)16-24-14(8-26-16)15(25)23-10-2-1-3-11(7-10)27-17(20,21)22/h1-8H,(H,23,25). The van der Waals surface area contributed by atoms with Crippen LogP contribution in [0.15, 0.2) is 53.1 Å². The molecule has 1 aromatic heterocycles. The van der Waals surface area contributed by atoms with Crippen LogP contribution in [0.2, 0.25) is 10.0 Å². The predicted octanol–water partition coefficient (Wildman–Crippen LogP) is 5.80. The molecule has 0 bridgehead atoms. The number of hydrogen-bond donors (Lipinski definition) is 1. The third-order valence-corrected chi connectivity index (χ3v) is 3.97. The zero-order valence-corrected chi connectivity index (χ0v) is 14.7. The molecule has 0 saturated carbocycles. The van der Waals surface area contributed by atoms with Crippen LogP contribution >= 0.6 is 23.2 Å². The molecule has 1 heterocycles. The molecule has 0 unspecified atom stereocenters. The van der Waals surface area contributed by atoms with Crippen LogP contribution in [0.3, 0.4) is 0 Å². The molecule has 0 saturated heterocycles. The highest BCUT2D eigenvalue weighted by molar-refractivity contribution is 6.42. The molecule has 0 aliphatic carbocycles. The van der Waals surface area contributed by atoms with Crippen molar-refractivity contribution in [3.05, 3.63) is 64.5 Å². The minimum absolute atomic E-state index is 0.0711. The van der Waals surface area contributed by atoms with Crippen molar-refractivity contribution in [1.82, 2.24) is 4.98 Å². The van der Waals surface area contributed by atoms with Crippen molar-refractivity contribution in [2.75, 3.05) is 5.32 Å². The summed E-state index contributed by atoms with van der Waals surface area (Å²) in [4.78, 5) is 16.3. The Hall–Kier alpha value is -2.71. The van der Waals surface area contributed by atoms with Gasteiger partial charge in [-0.05, 0) is 30.3 Å². The Morgan fingerprint density at radius 1 is 1.11 bits per heavy atom. The topological polar surface area (TPSA) is 64.4 Å². The average Bonchev–Trinajstić information content (AvgIpc) is 3.06. The van der Waals surface area contributed by atoms with Crippen LogP contribution in [0, 0.1) is 0 Å². The first-order valence-electron chi connectivity index (χ1n) is 7.29. The Bertz CT molecular complexity index is 990. The number of ether oxygens (including phenoxy) is 1. The zero-order valence-electron chi connectivity index (χ0n) is 13.2. The number of alkyl halides is 3. The lowest BCUT2D eigenvalue weighted by Crippen LogP contribution is -2.17. The molecule has 5 nitrogen and oxygen atoms in total. The summed E-state index contributed by atoms with van der Waals surface area (Å²) in [6, 6.07) is 9.54. The first-order chi connectivity index (χ1) is 12.7. The van der Waals surface area contributed by atoms with E-state index >= 15 is 0 Å². The summed E-state index contributed by atoms with van der Waals surface area (Å²) in [5.74, 6) is -1.00. The lowest BCUT2D eigenvalue weighted by Gasteiger charge is -2.10. The van der Waals surface area contributed by atoms with Gasteiger partial charge < -0.3 is 14.5 Å². The summed E-state index contributed by atoms with van der Waals surface area (Å²) in [7, 11) is 0. The van der Waals surface area contributed by atoms with Gasteiger partial charge in [0.15, 0.2) is 5.69 Å². The first-order valence-corrected chi connectivity index (χ1v) is 8.05. The zero-order chi connectivity index (χ0) is 19.6. The van der Waals surface area contributed by atoms with Crippen molar-refractivity contribution in [3.8, 4) is 17.2 Å². The van der Waals surface area contributed by atoms with Gasteiger partial charge >= 0.3 is 6.36 Å². The van der Waals surface area contributed by atoms with Crippen LogP contribution in [0.4, 0.5) is 18.9 Å². The van der Waals surface area contributed by atoms with Gasteiger partial charge in [-0.3, -0.25) is 4.79 Å². The Morgan fingerprint density at radius 3 is 2.59 bits per heavy atom. The molecule has 0 aliphatic rings. The van der Waals surface area contributed by atoms with Gasteiger partial charge in [0, 0.05) is 17.3 Å². The summed E-state index contributed by atoms with van der Waals surface area (Å²) in [5, 5.41) is 3.06. The van der Waals surface area contributed by atoms with Crippen LogP contribution in [0.25, 0.3) is 11.5 Å². The van der Waals surface area contributed by atoms with Crippen molar-refractivity contribution in [1.29, 1.82) is 0 Å². The second kappa shape index (κ2) is 7.50. The maximum absolute atomic E-state index is 12.3. The van der Waals surface area contributed by atoms with Gasteiger partial charge in [0.2, 0.25) is 5.89 Å². The van der Waals surface area contributed by atoms with Gasteiger partial charge in [-0.1, -0.05) is 29.3 Å². The number of carbonyl (C=O) groups is 1. The normalized spacial score (nSPS) is 11.3. The molecule has 0 atom stereocenters. The number of anilines is 1. The van der Waals surface area contributed by atoms with E-state index in [9.17, 15) is 18.0 Å². The largest absolute Gasteiger partial charge is 0.573 e. The van der Waals surface area contributed by atoms with E-state index < -0.39 is 18.0 Å². The van der Waals surface area contributed by atoms with E-state index in [0.29, 0.717) is 15.6 Å². The number of nitrogens with zero attached hydrogens (tertiary/aromatic N) is 1. The smallest absolute Gasteiger partial charge is 0.444 e. The third-order valence-electron chi connectivity index (χ3n) is 3.23. The van der Waals surface area contributed by atoms with E-state index in [1.807, 2.05) is 0 Å². The van der Waals surface area contributed by atoms with E-state index in [1.165, 1.54) is 18.2 Å². The van der Waals surface area contributed by atoms with Crippen LogP contribution < -0.4 is 10.1 Å². The van der Waals surface area contributed by atoms with Gasteiger partial charge in [-0.15, -0.1) is 13.2 Å².